The van der Waals surface area contributed by atoms with Gasteiger partial charge >= 0.3 is 0 Å². The summed E-state index contributed by atoms with van der Waals surface area (Å²) in [5.41, 5.74) is 1.87. The topological polar surface area (TPSA) is 72.2 Å². The second kappa shape index (κ2) is 6.27. The van der Waals surface area contributed by atoms with Crippen molar-refractivity contribution in [3.8, 4) is 0 Å². The average molecular weight is 402 g/mol. The Morgan fingerprint density at radius 2 is 1.70 bits per heavy atom. The number of rotatable bonds is 3. The first-order valence-electron chi connectivity index (χ1n) is 10.5. The summed E-state index contributed by atoms with van der Waals surface area (Å²) in [5, 5.41) is 3.09. The third-order valence-electron chi connectivity index (χ3n) is 6.84. The second-order valence-electron chi connectivity index (χ2n) is 10.0. The highest BCUT2D eigenvalue weighted by atomic mass is 16.3. The van der Waals surface area contributed by atoms with E-state index in [0.717, 1.165) is 12.8 Å². The highest BCUT2D eigenvalue weighted by Gasteiger charge is 2.57. The van der Waals surface area contributed by atoms with Crippen LogP contribution in [0.1, 0.15) is 61.8 Å². The van der Waals surface area contributed by atoms with Crippen LogP contribution in [0.3, 0.4) is 0 Å². The molecule has 0 radical (unpaired) electrons. The van der Waals surface area contributed by atoms with Crippen LogP contribution in [0.4, 0.5) is 0 Å². The number of nitrogens with zero attached hydrogens (tertiary/aromatic N) is 1. The summed E-state index contributed by atoms with van der Waals surface area (Å²) in [6.45, 7) is 7.13. The highest BCUT2D eigenvalue weighted by Crippen LogP contribution is 2.56. The van der Waals surface area contributed by atoms with Crippen LogP contribution < -0.4 is 5.32 Å². The predicted octanol–water partition coefficient (Wildman–Crippen LogP) is 4.64. The molecule has 2 aliphatic rings. The number of nitrogens with one attached hydrogen (secondary N) is 1. The highest BCUT2D eigenvalue weighted by molar-refractivity contribution is 6.10. The number of piperidine rings is 1. The van der Waals surface area contributed by atoms with Gasteiger partial charge in [-0.3, -0.25) is 9.59 Å². The molecule has 1 saturated carbocycles. The zero-order chi connectivity index (χ0) is 21.1. The molecule has 1 amide bonds. The minimum absolute atomic E-state index is 0.0186. The van der Waals surface area contributed by atoms with Gasteiger partial charge in [0.25, 0.3) is 0 Å². The van der Waals surface area contributed by atoms with Crippen molar-refractivity contribution in [2.24, 2.45) is 10.8 Å². The van der Waals surface area contributed by atoms with Crippen molar-refractivity contribution < 1.29 is 14.0 Å². The number of aromatic nitrogens is 1. The van der Waals surface area contributed by atoms with E-state index >= 15 is 0 Å². The van der Waals surface area contributed by atoms with Crippen molar-refractivity contribution in [2.45, 2.75) is 45.4 Å². The maximum absolute atomic E-state index is 12.8. The number of carbonyl (C=O) groups excluding carboxylic acids is 2. The normalized spacial score (nSPS) is 30.8. The van der Waals surface area contributed by atoms with Crippen molar-refractivity contribution >= 4 is 22.8 Å². The average Bonchev–Trinajstić information content (AvgIpc) is 3.15. The number of benzene rings is 2. The molecule has 1 aromatic heterocycles. The van der Waals surface area contributed by atoms with Crippen LogP contribution in [-0.2, 0) is 10.2 Å². The number of hydrogen-bond donors (Lipinski definition) is 1. The van der Waals surface area contributed by atoms with Crippen LogP contribution >= 0.6 is 0 Å². The van der Waals surface area contributed by atoms with Gasteiger partial charge in [0.2, 0.25) is 11.8 Å². The predicted molar refractivity (Wildman–Crippen MR) is 114 cm³/mol. The number of oxazole rings is 1. The molecule has 5 nitrogen and oxygen atoms in total. The Kier molecular flexibility index (Phi) is 3.98. The van der Waals surface area contributed by atoms with Gasteiger partial charge in [0.1, 0.15) is 5.52 Å². The molecule has 0 spiro atoms. The van der Waals surface area contributed by atoms with E-state index in [4.69, 9.17) is 9.40 Å². The van der Waals surface area contributed by atoms with E-state index in [2.05, 4.69) is 26.1 Å². The Balaban J connectivity index is 1.52. The summed E-state index contributed by atoms with van der Waals surface area (Å²) in [6, 6.07) is 14.7. The second-order valence-corrected chi connectivity index (χ2v) is 10.0. The number of hydrogen-bond acceptors (Lipinski definition) is 4. The fourth-order valence-corrected chi connectivity index (χ4v) is 5.96. The minimum Gasteiger partial charge on any atom is -0.440 e. The molecule has 3 aromatic rings. The first-order valence-corrected chi connectivity index (χ1v) is 10.5. The molecular weight excluding hydrogens is 376 g/mol. The standard InChI is InChI=1S/C25H26N2O3/c1-23-12-24(2,21(29)26-15-23)14-25(3,13-23)22-27-18-11-17(9-10-19(18)30-22)20(28)16-7-5-4-6-8-16/h4-11H,12-15H2,1-3H3,(H,26,29). The number of carbonyl (C=O) groups is 2. The van der Waals surface area contributed by atoms with Crippen LogP contribution in [0.15, 0.2) is 52.9 Å². The van der Waals surface area contributed by atoms with Gasteiger partial charge in [-0.15, -0.1) is 0 Å². The SMILES string of the molecule is CC12CNC(=O)C(C)(C1)CC(C)(c1nc3cc(C(=O)c4ccccc4)ccc3o1)C2. The van der Waals surface area contributed by atoms with Crippen molar-refractivity contribution in [3.05, 3.63) is 65.5 Å². The van der Waals surface area contributed by atoms with Gasteiger partial charge in [0.05, 0.1) is 0 Å². The lowest BCUT2D eigenvalue weighted by Crippen LogP contribution is -2.59. The lowest BCUT2D eigenvalue weighted by Gasteiger charge is -2.54. The maximum atomic E-state index is 12.8. The van der Waals surface area contributed by atoms with Gasteiger partial charge in [-0.25, -0.2) is 4.98 Å². The van der Waals surface area contributed by atoms with Gasteiger partial charge in [-0.1, -0.05) is 51.1 Å². The minimum atomic E-state index is -0.422. The van der Waals surface area contributed by atoms with Gasteiger partial charge in [0, 0.05) is 28.5 Å². The van der Waals surface area contributed by atoms with E-state index in [1.807, 2.05) is 36.4 Å². The number of amides is 1. The molecule has 5 heteroatoms. The molecule has 1 aliphatic carbocycles. The van der Waals surface area contributed by atoms with Crippen molar-refractivity contribution in [1.29, 1.82) is 0 Å². The molecule has 3 atom stereocenters. The molecule has 3 unspecified atom stereocenters. The van der Waals surface area contributed by atoms with E-state index in [9.17, 15) is 9.59 Å². The Labute approximate surface area is 175 Å². The molecule has 1 N–H and O–H groups in total. The zero-order valence-corrected chi connectivity index (χ0v) is 17.6. The summed E-state index contributed by atoms with van der Waals surface area (Å²) in [5.74, 6) is 0.753. The molecular formula is C25H26N2O3. The smallest absolute Gasteiger partial charge is 0.226 e. The largest absolute Gasteiger partial charge is 0.440 e. The Hall–Kier alpha value is -2.95. The molecule has 2 bridgehead atoms. The maximum Gasteiger partial charge on any atom is 0.226 e. The molecule has 30 heavy (non-hydrogen) atoms. The van der Waals surface area contributed by atoms with Gasteiger partial charge in [0.15, 0.2) is 11.4 Å². The van der Waals surface area contributed by atoms with Crippen molar-refractivity contribution in [2.75, 3.05) is 6.54 Å². The fourth-order valence-electron chi connectivity index (χ4n) is 5.96. The molecule has 5 rings (SSSR count). The molecule has 1 aliphatic heterocycles. The van der Waals surface area contributed by atoms with E-state index in [1.165, 1.54) is 0 Å². The van der Waals surface area contributed by atoms with Gasteiger partial charge in [-0.05, 0) is 42.9 Å². The van der Waals surface area contributed by atoms with Crippen LogP contribution in [0.2, 0.25) is 0 Å². The van der Waals surface area contributed by atoms with E-state index in [-0.39, 0.29) is 22.5 Å². The van der Waals surface area contributed by atoms with Crippen LogP contribution in [-0.4, -0.2) is 23.2 Å². The first kappa shape index (κ1) is 19.0. The monoisotopic (exact) mass is 402 g/mol. The van der Waals surface area contributed by atoms with E-state index < -0.39 is 5.41 Å². The quantitative estimate of drug-likeness (QED) is 0.648. The van der Waals surface area contributed by atoms with Crippen LogP contribution in [0.25, 0.3) is 11.1 Å². The number of fused-ring (bicyclic) bond motifs is 3. The molecule has 2 fully saturated rings. The van der Waals surface area contributed by atoms with Crippen molar-refractivity contribution in [1.82, 2.24) is 10.3 Å². The van der Waals surface area contributed by atoms with Crippen LogP contribution in [0.5, 0.6) is 0 Å². The third-order valence-corrected chi connectivity index (χ3v) is 6.84. The summed E-state index contributed by atoms with van der Waals surface area (Å²) < 4.78 is 6.19. The molecule has 2 heterocycles. The van der Waals surface area contributed by atoms with E-state index in [0.29, 0.717) is 41.1 Å². The first-order chi connectivity index (χ1) is 14.2. The lowest BCUT2D eigenvalue weighted by atomic mass is 9.52. The summed E-state index contributed by atoms with van der Waals surface area (Å²) >= 11 is 0. The summed E-state index contributed by atoms with van der Waals surface area (Å²) in [4.78, 5) is 30.2. The third kappa shape index (κ3) is 2.95. The van der Waals surface area contributed by atoms with Gasteiger partial charge < -0.3 is 9.73 Å². The molecule has 1 saturated heterocycles. The number of ketones is 1. The Bertz CT molecular complexity index is 1170. The van der Waals surface area contributed by atoms with E-state index in [1.54, 1.807) is 12.1 Å². The van der Waals surface area contributed by atoms with Crippen LogP contribution in [0, 0.1) is 10.8 Å². The van der Waals surface area contributed by atoms with Gasteiger partial charge in [-0.2, -0.15) is 0 Å². The molecule has 154 valence electrons. The lowest BCUT2D eigenvalue weighted by molar-refractivity contribution is -0.143. The fraction of sp³-hybridized carbons (Fsp3) is 0.400. The Morgan fingerprint density at radius 1 is 0.967 bits per heavy atom. The van der Waals surface area contributed by atoms with Crippen molar-refractivity contribution in [3.63, 3.8) is 0 Å². The zero-order valence-electron chi connectivity index (χ0n) is 17.6. The Morgan fingerprint density at radius 3 is 2.47 bits per heavy atom. The molecule has 2 aromatic carbocycles. The summed E-state index contributed by atoms with van der Waals surface area (Å²) in [6.07, 6.45) is 2.49. The summed E-state index contributed by atoms with van der Waals surface area (Å²) in [7, 11) is 0.